The second kappa shape index (κ2) is 8.20. The molecule has 0 amide bonds. The highest BCUT2D eigenvalue weighted by molar-refractivity contribution is 4.92. The highest BCUT2D eigenvalue weighted by atomic mass is 16.7. The van der Waals surface area contributed by atoms with Crippen LogP contribution in [0.5, 0.6) is 0 Å². The second-order valence-corrected chi connectivity index (χ2v) is 5.94. The molecule has 0 aromatic carbocycles. The standard InChI is InChI=1S/C15H32N2O2/c1-5-7-13-8-6-10-17(11-9-13)15(2,12-16)14(18-3)19-4/h13-14H,5-12,16H2,1-4H3. The van der Waals surface area contributed by atoms with Crippen LogP contribution < -0.4 is 5.73 Å². The number of nitrogens with two attached hydrogens (primary N) is 1. The van der Waals surface area contributed by atoms with Gasteiger partial charge >= 0.3 is 0 Å². The molecule has 0 aliphatic carbocycles. The van der Waals surface area contributed by atoms with Crippen LogP contribution in [0.25, 0.3) is 0 Å². The van der Waals surface area contributed by atoms with Gasteiger partial charge in [0.25, 0.3) is 0 Å². The lowest BCUT2D eigenvalue weighted by Crippen LogP contribution is -2.60. The van der Waals surface area contributed by atoms with Crippen LogP contribution in [0.15, 0.2) is 0 Å². The number of nitrogens with zero attached hydrogens (tertiary/aromatic N) is 1. The van der Waals surface area contributed by atoms with Crippen molar-refractivity contribution in [2.45, 2.75) is 57.8 Å². The van der Waals surface area contributed by atoms with Crippen molar-refractivity contribution in [2.24, 2.45) is 11.7 Å². The summed E-state index contributed by atoms with van der Waals surface area (Å²) in [6.07, 6.45) is 6.24. The molecular weight excluding hydrogens is 240 g/mol. The van der Waals surface area contributed by atoms with E-state index in [9.17, 15) is 0 Å². The van der Waals surface area contributed by atoms with Crippen molar-refractivity contribution >= 4 is 0 Å². The summed E-state index contributed by atoms with van der Waals surface area (Å²) in [6.45, 7) is 7.18. The molecule has 0 radical (unpaired) electrons. The van der Waals surface area contributed by atoms with Gasteiger partial charge in [0.1, 0.15) is 0 Å². The Morgan fingerprint density at radius 2 is 1.95 bits per heavy atom. The molecule has 2 N–H and O–H groups in total. The zero-order valence-electron chi connectivity index (χ0n) is 13.2. The van der Waals surface area contributed by atoms with E-state index in [0.29, 0.717) is 6.54 Å². The molecule has 1 aliphatic heterocycles. The normalized spacial score (nSPS) is 25.3. The lowest BCUT2D eigenvalue weighted by molar-refractivity contribution is -0.181. The Morgan fingerprint density at radius 3 is 2.47 bits per heavy atom. The Morgan fingerprint density at radius 1 is 1.26 bits per heavy atom. The minimum Gasteiger partial charge on any atom is -0.354 e. The van der Waals surface area contributed by atoms with E-state index in [-0.39, 0.29) is 11.8 Å². The molecule has 2 unspecified atom stereocenters. The molecule has 0 aromatic rings. The van der Waals surface area contributed by atoms with Crippen LogP contribution in [0.2, 0.25) is 0 Å². The van der Waals surface area contributed by atoms with Crippen LogP contribution in [0, 0.1) is 5.92 Å². The van der Waals surface area contributed by atoms with Gasteiger partial charge < -0.3 is 15.2 Å². The molecule has 19 heavy (non-hydrogen) atoms. The lowest BCUT2D eigenvalue weighted by atomic mass is 9.95. The van der Waals surface area contributed by atoms with Gasteiger partial charge in [0.05, 0.1) is 5.54 Å². The first kappa shape index (κ1) is 16.9. The quantitative estimate of drug-likeness (QED) is 0.722. The third-order valence-corrected chi connectivity index (χ3v) is 4.62. The van der Waals surface area contributed by atoms with Crippen molar-refractivity contribution in [3.63, 3.8) is 0 Å². The number of rotatable bonds is 7. The highest BCUT2D eigenvalue weighted by Gasteiger charge is 2.40. The predicted octanol–water partition coefficient (Wildman–Crippen LogP) is 2.22. The van der Waals surface area contributed by atoms with Crippen molar-refractivity contribution in [3.8, 4) is 0 Å². The number of likely N-dealkylation sites (tertiary alicyclic amines) is 1. The third-order valence-electron chi connectivity index (χ3n) is 4.62. The van der Waals surface area contributed by atoms with Crippen LogP contribution in [0.1, 0.15) is 46.0 Å². The van der Waals surface area contributed by atoms with E-state index in [1.165, 1.54) is 32.1 Å². The molecule has 114 valence electrons. The summed E-state index contributed by atoms with van der Waals surface area (Å²) in [7, 11) is 3.39. The summed E-state index contributed by atoms with van der Waals surface area (Å²) in [5.41, 5.74) is 5.80. The molecule has 1 aliphatic rings. The van der Waals surface area contributed by atoms with Gasteiger partial charge in [-0.2, -0.15) is 0 Å². The minimum atomic E-state index is -0.264. The molecule has 1 saturated heterocycles. The van der Waals surface area contributed by atoms with Gasteiger partial charge in [-0.15, -0.1) is 0 Å². The van der Waals surface area contributed by atoms with E-state index in [1.807, 2.05) is 0 Å². The van der Waals surface area contributed by atoms with Crippen LogP contribution in [-0.4, -0.2) is 50.6 Å². The van der Waals surface area contributed by atoms with E-state index in [1.54, 1.807) is 14.2 Å². The fraction of sp³-hybridized carbons (Fsp3) is 1.00. The van der Waals surface area contributed by atoms with Crippen LogP contribution in [-0.2, 0) is 9.47 Å². The molecule has 0 bridgehead atoms. The zero-order valence-corrected chi connectivity index (χ0v) is 13.2. The van der Waals surface area contributed by atoms with Crippen LogP contribution in [0.3, 0.4) is 0 Å². The Hall–Kier alpha value is -0.160. The van der Waals surface area contributed by atoms with Crippen molar-refractivity contribution in [1.82, 2.24) is 4.90 Å². The molecule has 0 spiro atoms. The average molecular weight is 272 g/mol. The van der Waals surface area contributed by atoms with Crippen LogP contribution in [0.4, 0.5) is 0 Å². The molecule has 1 heterocycles. The predicted molar refractivity (Wildman–Crippen MR) is 79.1 cm³/mol. The fourth-order valence-electron chi connectivity index (χ4n) is 3.35. The summed E-state index contributed by atoms with van der Waals surface area (Å²) in [4.78, 5) is 2.47. The highest BCUT2D eigenvalue weighted by Crippen LogP contribution is 2.28. The van der Waals surface area contributed by atoms with E-state index in [4.69, 9.17) is 15.2 Å². The topological polar surface area (TPSA) is 47.7 Å². The second-order valence-electron chi connectivity index (χ2n) is 5.94. The number of methoxy groups -OCH3 is 2. The summed E-state index contributed by atoms with van der Waals surface area (Å²) in [5.74, 6) is 0.876. The van der Waals surface area contributed by atoms with Crippen molar-refractivity contribution in [2.75, 3.05) is 33.9 Å². The van der Waals surface area contributed by atoms with Gasteiger partial charge in [-0.25, -0.2) is 0 Å². The van der Waals surface area contributed by atoms with Gasteiger partial charge in [0.2, 0.25) is 0 Å². The first-order chi connectivity index (χ1) is 9.12. The number of ether oxygens (including phenoxy) is 2. The summed E-state index contributed by atoms with van der Waals surface area (Å²) >= 11 is 0. The van der Waals surface area contributed by atoms with Crippen molar-refractivity contribution in [1.29, 1.82) is 0 Å². The van der Waals surface area contributed by atoms with E-state index < -0.39 is 0 Å². The Kier molecular flexibility index (Phi) is 7.29. The smallest absolute Gasteiger partial charge is 0.176 e. The van der Waals surface area contributed by atoms with E-state index >= 15 is 0 Å². The largest absolute Gasteiger partial charge is 0.354 e. The zero-order chi connectivity index (χ0) is 14.3. The lowest BCUT2D eigenvalue weighted by Gasteiger charge is -2.44. The SMILES string of the molecule is CCCC1CCCN(C(C)(CN)C(OC)OC)CC1. The maximum atomic E-state index is 6.03. The molecular formula is C15H32N2O2. The first-order valence-electron chi connectivity index (χ1n) is 7.63. The maximum Gasteiger partial charge on any atom is 0.176 e. The molecule has 4 heteroatoms. The number of hydrogen-bond donors (Lipinski definition) is 1. The summed E-state index contributed by atoms with van der Waals surface area (Å²) < 4.78 is 11.0. The van der Waals surface area contributed by atoms with Gasteiger partial charge in [0, 0.05) is 20.8 Å². The van der Waals surface area contributed by atoms with Gasteiger partial charge in [-0.3, -0.25) is 4.90 Å². The van der Waals surface area contributed by atoms with E-state index in [0.717, 1.165) is 19.0 Å². The average Bonchev–Trinajstić information content (AvgIpc) is 2.66. The van der Waals surface area contributed by atoms with Crippen molar-refractivity contribution < 1.29 is 9.47 Å². The Bertz CT molecular complexity index is 246. The monoisotopic (exact) mass is 272 g/mol. The number of hydrogen-bond acceptors (Lipinski definition) is 4. The maximum absolute atomic E-state index is 6.03. The molecule has 1 fully saturated rings. The Labute approximate surface area is 118 Å². The van der Waals surface area contributed by atoms with Crippen LogP contribution >= 0.6 is 0 Å². The minimum absolute atomic E-state index is 0.232. The summed E-state index contributed by atoms with van der Waals surface area (Å²) in [6, 6.07) is 0. The van der Waals surface area contributed by atoms with Gasteiger partial charge in [-0.1, -0.05) is 19.8 Å². The molecule has 1 rings (SSSR count). The molecule has 0 aromatic heterocycles. The summed E-state index contributed by atoms with van der Waals surface area (Å²) in [5, 5.41) is 0. The fourth-order valence-corrected chi connectivity index (χ4v) is 3.35. The van der Waals surface area contributed by atoms with E-state index in [2.05, 4.69) is 18.7 Å². The molecule has 4 nitrogen and oxygen atoms in total. The first-order valence-corrected chi connectivity index (χ1v) is 7.63. The molecule has 0 saturated carbocycles. The Balaban J connectivity index is 2.70. The van der Waals surface area contributed by atoms with Gasteiger partial charge in [-0.05, 0) is 45.2 Å². The van der Waals surface area contributed by atoms with Crippen molar-refractivity contribution in [3.05, 3.63) is 0 Å². The third kappa shape index (κ3) is 4.15. The molecule has 2 atom stereocenters. The van der Waals surface area contributed by atoms with Gasteiger partial charge in [0.15, 0.2) is 6.29 Å².